The van der Waals surface area contributed by atoms with Crippen molar-refractivity contribution in [1.29, 1.82) is 0 Å². The lowest BCUT2D eigenvalue weighted by Crippen LogP contribution is -2.38. The first-order valence-electron chi connectivity index (χ1n) is 6.73. The normalized spacial score (nSPS) is 13.2. The molecule has 118 valence electrons. The van der Waals surface area contributed by atoms with Crippen LogP contribution in [0.3, 0.4) is 0 Å². The van der Waals surface area contributed by atoms with Crippen LogP contribution in [-0.4, -0.2) is 26.1 Å². The topological polar surface area (TPSA) is 89.3 Å². The highest BCUT2D eigenvalue weighted by molar-refractivity contribution is 9.10. The Morgan fingerprint density at radius 2 is 1.95 bits per heavy atom. The molecule has 0 aliphatic carbocycles. The third-order valence-corrected chi connectivity index (χ3v) is 6.15. The van der Waals surface area contributed by atoms with Crippen molar-refractivity contribution in [2.24, 2.45) is 5.92 Å². The summed E-state index contributed by atoms with van der Waals surface area (Å²) in [5.74, 6) is -0.0390. The first-order chi connectivity index (χ1) is 9.66. The van der Waals surface area contributed by atoms with Crippen LogP contribution in [0.2, 0.25) is 0 Å². The van der Waals surface area contributed by atoms with Crippen molar-refractivity contribution in [2.45, 2.75) is 37.3 Å². The van der Waals surface area contributed by atoms with Crippen molar-refractivity contribution in [3.63, 3.8) is 0 Å². The molecule has 1 aromatic rings. The van der Waals surface area contributed by atoms with Gasteiger partial charge in [-0.25, -0.2) is 8.42 Å². The molecule has 0 radical (unpaired) electrons. The number of carbonyl (C=O) groups excluding carboxylic acids is 1. The summed E-state index contributed by atoms with van der Waals surface area (Å²) in [6.07, 6.45) is 0.810. The molecule has 0 aliphatic rings. The second-order valence-electron chi connectivity index (χ2n) is 5.35. The van der Waals surface area contributed by atoms with E-state index in [0.717, 1.165) is 6.42 Å². The standard InChI is InChI=1S/C14H21BrN2O3S/c1-9(2)6-7-17-14(18)10(3)21(19,20)13-5-4-11(16)8-12(13)15/h4-5,8-10H,6-7,16H2,1-3H3,(H,17,18). The van der Waals surface area contributed by atoms with Gasteiger partial charge >= 0.3 is 0 Å². The van der Waals surface area contributed by atoms with E-state index in [1.165, 1.54) is 25.1 Å². The van der Waals surface area contributed by atoms with Gasteiger partial charge in [0, 0.05) is 16.7 Å². The summed E-state index contributed by atoms with van der Waals surface area (Å²) in [4.78, 5) is 12.1. The van der Waals surface area contributed by atoms with Gasteiger partial charge in [0.25, 0.3) is 0 Å². The van der Waals surface area contributed by atoms with Gasteiger partial charge in [0.1, 0.15) is 5.25 Å². The lowest BCUT2D eigenvalue weighted by molar-refractivity contribution is -0.120. The molecule has 0 fully saturated rings. The molecule has 0 bridgehead atoms. The fourth-order valence-electron chi connectivity index (χ4n) is 1.71. The molecule has 1 aromatic carbocycles. The number of hydrogen-bond acceptors (Lipinski definition) is 4. The molecule has 0 spiro atoms. The summed E-state index contributed by atoms with van der Waals surface area (Å²) in [6.45, 7) is 5.94. The minimum Gasteiger partial charge on any atom is -0.399 e. The van der Waals surface area contributed by atoms with Crippen molar-refractivity contribution < 1.29 is 13.2 Å². The molecule has 0 aromatic heterocycles. The molecule has 21 heavy (non-hydrogen) atoms. The summed E-state index contributed by atoms with van der Waals surface area (Å²) < 4.78 is 25.3. The quantitative estimate of drug-likeness (QED) is 0.745. The first kappa shape index (κ1) is 18.0. The number of halogens is 1. The number of amides is 1. The second kappa shape index (κ2) is 7.26. The average Bonchev–Trinajstić information content (AvgIpc) is 2.36. The number of carbonyl (C=O) groups is 1. The Balaban J connectivity index is 2.88. The third-order valence-electron chi connectivity index (χ3n) is 3.12. The van der Waals surface area contributed by atoms with Crippen LogP contribution in [0.1, 0.15) is 27.2 Å². The van der Waals surface area contributed by atoms with Crippen LogP contribution in [0.25, 0.3) is 0 Å². The maximum Gasteiger partial charge on any atom is 0.238 e. The van der Waals surface area contributed by atoms with Crippen LogP contribution in [0.15, 0.2) is 27.6 Å². The summed E-state index contributed by atoms with van der Waals surface area (Å²) in [5.41, 5.74) is 6.05. The molecule has 1 unspecified atom stereocenters. The Kier molecular flexibility index (Phi) is 6.22. The SMILES string of the molecule is CC(C)CCNC(=O)C(C)S(=O)(=O)c1ccc(N)cc1Br. The summed E-state index contributed by atoms with van der Waals surface area (Å²) >= 11 is 3.18. The molecule has 0 saturated heterocycles. The van der Waals surface area contributed by atoms with E-state index in [1.807, 2.05) is 13.8 Å². The number of hydrogen-bond donors (Lipinski definition) is 2. The van der Waals surface area contributed by atoms with E-state index in [2.05, 4.69) is 21.2 Å². The zero-order valence-electron chi connectivity index (χ0n) is 12.4. The van der Waals surface area contributed by atoms with E-state index in [9.17, 15) is 13.2 Å². The fourth-order valence-corrected chi connectivity index (χ4v) is 4.11. The van der Waals surface area contributed by atoms with Crippen molar-refractivity contribution in [2.75, 3.05) is 12.3 Å². The van der Waals surface area contributed by atoms with Crippen molar-refractivity contribution in [3.05, 3.63) is 22.7 Å². The Hall–Kier alpha value is -1.08. The lowest BCUT2D eigenvalue weighted by Gasteiger charge is -2.15. The predicted molar refractivity (Wildman–Crippen MR) is 87.7 cm³/mol. The molecule has 7 heteroatoms. The van der Waals surface area contributed by atoms with Gasteiger partial charge < -0.3 is 11.1 Å². The van der Waals surface area contributed by atoms with Crippen LogP contribution in [0, 0.1) is 5.92 Å². The highest BCUT2D eigenvalue weighted by Crippen LogP contribution is 2.27. The lowest BCUT2D eigenvalue weighted by atomic mass is 10.1. The minimum atomic E-state index is -3.75. The van der Waals surface area contributed by atoms with E-state index in [0.29, 0.717) is 22.6 Å². The Labute approximate surface area is 134 Å². The molecule has 1 atom stereocenters. The molecular weight excluding hydrogens is 356 g/mol. The van der Waals surface area contributed by atoms with Gasteiger partial charge in [-0.15, -0.1) is 0 Å². The van der Waals surface area contributed by atoms with Gasteiger partial charge in [-0.3, -0.25) is 4.79 Å². The molecule has 5 nitrogen and oxygen atoms in total. The van der Waals surface area contributed by atoms with Crippen LogP contribution >= 0.6 is 15.9 Å². The fraction of sp³-hybridized carbons (Fsp3) is 0.500. The van der Waals surface area contributed by atoms with Gasteiger partial charge in [-0.2, -0.15) is 0 Å². The second-order valence-corrected chi connectivity index (χ2v) is 8.44. The Morgan fingerprint density at radius 3 is 2.48 bits per heavy atom. The van der Waals surface area contributed by atoms with Gasteiger partial charge in [-0.05, 0) is 53.4 Å². The van der Waals surface area contributed by atoms with Gasteiger partial charge in [0.05, 0.1) is 4.90 Å². The van der Waals surface area contributed by atoms with E-state index < -0.39 is 21.0 Å². The average molecular weight is 377 g/mol. The molecule has 1 amide bonds. The van der Waals surface area contributed by atoms with Crippen LogP contribution < -0.4 is 11.1 Å². The Bertz CT molecular complexity index is 615. The molecule has 1 rings (SSSR count). The zero-order chi connectivity index (χ0) is 16.2. The van der Waals surface area contributed by atoms with E-state index in [4.69, 9.17) is 5.73 Å². The van der Waals surface area contributed by atoms with E-state index in [-0.39, 0.29) is 4.90 Å². The zero-order valence-corrected chi connectivity index (χ0v) is 14.8. The number of anilines is 1. The highest BCUT2D eigenvalue weighted by Gasteiger charge is 2.31. The van der Waals surface area contributed by atoms with Crippen molar-refractivity contribution >= 4 is 37.4 Å². The Morgan fingerprint density at radius 1 is 1.33 bits per heavy atom. The number of rotatable bonds is 6. The molecule has 0 aliphatic heterocycles. The first-order valence-corrected chi connectivity index (χ1v) is 9.06. The summed E-state index contributed by atoms with van der Waals surface area (Å²) in [6, 6.07) is 4.42. The molecule has 3 N–H and O–H groups in total. The maximum absolute atomic E-state index is 12.5. The third kappa shape index (κ3) is 4.71. The smallest absolute Gasteiger partial charge is 0.238 e. The highest BCUT2D eigenvalue weighted by atomic mass is 79.9. The van der Waals surface area contributed by atoms with Crippen LogP contribution in [0.4, 0.5) is 5.69 Å². The van der Waals surface area contributed by atoms with Gasteiger partial charge in [0.2, 0.25) is 5.91 Å². The van der Waals surface area contributed by atoms with Gasteiger partial charge in [0.15, 0.2) is 9.84 Å². The van der Waals surface area contributed by atoms with E-state index >= 15 is 0 Å². The van der Waals surface area contributed by atoms with Crippen LogP contribution in [0.5, 0.6) is 0 Å². The summed E-state index contributed by atoms with van der Waals surface area (Å²) in [7, 11) is -3.75. The summed E-state index contributed by atoms with van der Waals surface area (Å²) in [5, 5.41) is 1.51. The van der Waals surface area contributed by atoms with Crippen molar-refractivity contribution in [1.82, 2.24) is 5.32 Å². The number of benzene rings is 1. The predicted octanol–water partition coefficient (Wildman–Crippen LogP) is 2.36. The molecule has 0 saturated carbocycles. The molecular formula is C14H21BrN2O3S. The van der Waals surface area contributed by atoms with Crippen LogP contribution in [-0.2, 0) is 14.6 Å². The number of sulfone groups is 1. The molecule has 0 heterocycles. The minimum absolute atomic E-state index is 0.0724. The monoisotopic (exact) mass is 376 g/mol. The number of nitrogen functional groups attached to an aromatic ring is 1. The number of nitrogens with one attached hydrogen (secondary N) is 1. The van der Waals surface area contributed by atoms with Gasteiger partial charge in [-0.1, -0.05) is 13.8 Å². The largest absolute Gasteiger partial charge is 0.399 e. The maximum atomic E-state index is 12.5. The van der Waals surface area contributed by atoms with E-state index in [1.54, 1.807) is 0 Å². The van der Waals surface area contributed by atoms with Crippen molar-refractivity contribution in [3.8, 4) is 0 Å². The number of nitrogens with two attached hydrogens (primary N) is 1.